The van der Waals surface area contributed by atoms with Gasteiger partial charge in [-0.1, -0.05) is 12.1 Å². The van der Waals surface area contributed by atoms with Gasteiger partial charge in [-0.05, 0) is 56.2 Å². The third-order valence-corrected chi connectivity index (χ3v) is 5.13. The van der Waals surface area contributed by atoms with E-state index in [0.717, 1.165) is 21.7 Å². The van der Waals surface area contributed by atoms with Crippen molar-refractivity contribution in [1.82, 2.24) is 0 Å². The van der Waals surface area contributed by atoms with Crippen molar-refractivity contribution in [3.63, 3.8) is 0 Å². The zero-order valence-corrected chi connectivity index (χ0v) is 16.4. The molecule has 2 aromatic carbocycles. The zero-order chi connectivity index (χ0) is 19.5. The molecule has 0 fully saturated rings. The molecule has 0 saturated heterocycles. The molecule has 0 bridgehead atoms. The first-order chi connectivity index (χ1) is 12.1. The molecular formula is C19H24N2O4S. The van der Waals surface area contributed by atoms with Crippen molar-refractivity contribution < 1.29 is 17.9 Å². The van der Waals surface area contributed by atoms with Gasteiger partial charge in [0.25, 0.3) is 0 Å². The molecule has 140 valence electrons. The van der Waals surface area contributed by atoms with Gasteiger partial charge in [-0.3, -0.25) is 9.10 Å². The summed E-state index contributed by atoms with van der Waals surface area (Å²) in [6.07, 6.45) is 1.08. The number of hydrogen-bond acceptors (Lipinski definition) is 4. The van der Waals surface area contributed by atoms with Crippen molar-refractivity contribution in [2.75, 3.05) is 23.0 Å². The van der Waals surface area contributed by atoms with Crippen molar-refractivity contribution in [2.45, 2.75) is 26.8 Å². The third kappa shape index (κ3) is 4.76. The summed E-state index contributed by atoms with van der Waals surface area (Å²) in [5.41, 5.74) is 3.04. The molecule has 0 aliphatic carbocycles. The smallest absolute Gasteiger partial charge is 0.247 e. The lowest BCUT2D eigenvalue weighted by Crippen LogP contribution is -2.45. The lowest BCUT2D eigenvalue weighted by molar-refractivity contribution is -0.116. The Kier molecular flexibility index (Phi) is 5.92. The Morgan fingerprint density at radius 1 is 1.12 bits per heavy atom. The molecule has 6 nitrogen and oxygen atoms in total. The Morgan fingerprint density at radius 2 is 1.73 bits per heavy atom. The summed E-state index contributed by atoms with van der Waals surface area (Å²) in [6.45, 7) is 5.43. The molecule has 2 rings (SSSR count). The second-order valence-corrected chi connectivity index (χ2v) is 8.16. The standard InChI is InChI=1S/C19H24N2O4S/c1-13-9-14(2)11-16(10-13)20-19(22)15(3)21(26(5,23)24)17-7-6-8-18(12-17)25-4/h6-12,15H,1-5H3,(H,20,22)/t15-/m0/s1. The lowest BCUT2D eigenvalue weighted by atomic mass is 10.1. The number of sulfonamides is 1. The van der Waals surface area contributed by atoms with Crippen LogP contribution >= 0.6 is 0 Å². The van der Waals surface area contributed by atoms with Gasteiger partial charge in [-0.2, -0.15) is 0 Å². The van der Waals surface area contributed by atoms with Gasteiger partial charge in [0.05, 0.1) is 19.1 Å². The van der Waals surface area contributed by atoms with Gasteiger partial charge >= 0.3 is 0 Å². The summed E-state index contributed by atoms with van der Waals surface area (Å²) in [5, 5.41) is 2.80. The van der Waals surface area contributed by atoms with Gasteiger partial charge in [0, 0.05) is 11.8 Å². The normalized spacial score (nSPS) is 12.3. The number of carbonyl (C=O) groups excluding carboxylic acids is 1. The Labute approximate surface area is 154 Å². The number of hydrogen-bond donors (Lipinski definition) is 1. The van der Waals surface area contributed by atoms with E-state index in [-0.39, 0.29) is 0 Å². The maximum Gasteiger partial charge on any atom is 0.247 e. The van der Waals surface area contributed by atoms with Crippen LogP contribution in [0.3, 0.4) is 0 Å². The first-order valence-corrected chi connectivity index (χ1v) is 9.99. The number of methoxy groups -OCH3 is 1. The average molecular weight is 376 g/mol. The highest BCUT2D eigenvalue weighted by atomic mass is 32.2. The van der Waals surface area contributed by atoms with Crippen LogP contribution in [0.25, 0.3) is 0 Å². The van der Waals surface area contributed by atoms with Crippen LogP contribution in [0.5, 0.6) is 5.75 Å². The van der Waals surface area contributed by atoms with E-state index in [2.05, 4.69) is 5.32 Å². The quantitative estimate of drug-likeness (QED) is 0.840. The fourth-order valence-electron chi connectivity index (χ4n) is 2.85. The van der Waals surface area contributed by atoms with Gasteiger partial charge in [0.1, 0.15) is 11.8 Å². The van der Waals surface area contributed by atoms with Crippen LogP contribution in [0.15, 0.2) is 42.5 Å². The van der Waals surface area contributed by atoms with Crippen molar-refractivity contribution >= 4 is 27.3 Å². The van der Waals surface area contributed by atoms with Crippen LogP contribution in [-0.2, 0) is 14.8 Å². The molecular weight excluding hydrogens is 352 g/mol. The summed E-state index contributed by atoms with van der Waals surface area (Å²) in [5.74, 6) is 0.0984. The van der Waals surface area contributed by atoms with Gasteiger partial charge in [0.15, 0.2) is 0 Å². The number of anilines is 2. The maximum atomic E-state index is 12.7. The molecule has 0 spiro atoms. The molecule has 26 heavy (non-hydrogen) atoms. The number of benzene rings is 2. The first kappa shape index (κ1) is 19.8. The van der Waals surface area contributed by atoms with Gasteiger partial charge < -0.3 is 10.1 Å². The molecule has 1 amide bonds. The SMILES string of the molecule is COc1cccc(N([C@@H](C)C(=O)Nc2cc(C)cc(C)c2)S(C)(=O)=O)c1. The first-order valence-electron chi connectivity index (χ1n) is 8.14. The van der Waals surface area contributed by atoms with E-state index >= 15 is 0 Å². The van der Waals surface area contributed by atoms with Gasteiger partial charge in [-0.15, -0.1) is 0 Å². The van der Waals surface area contributed by atoms with Crippen molar-refractivity contribution in [3.8, 4) is 5.75 Å². The summed E-state index contributed by atoms with van der Waals surface area (Å²) >= 11 is 0. The Balaban J connectivity index is 2.34. The van der Waals surface area contributed by atoms with Crippen molar-refractivity contribution in [1.29, 1.82) is 0 Å². The summed E-state index contributed by atoms with van der Waals surface area (Å²) in [4.78, 5) is 12.7. The fourth-order valence-corrected chi connectivity index (χ4v) is 4.02. The minimum Gasteiger partial charge on any atom is -0.497 e. The third-order valence-electron chi connectivity index (χ3n) is 3.89. The van der Waals surface area contributed by atoms with Crippen molar-refractivity contribution in [3.05, 3.63) is 53.6 Å². The number of carbonyl (C=O) groups is 1. The Hall–Kier alpha value is -2.54. The Bertz CT molecular complexity index is 889. The van der Waals surface area contributed by atoms with E-state index in [1.165, 1.54) is 7.11 Å². The predicted octanol–water partition coefficient (Wildman–Crippen LogP) is 3.11. The number of nitrogens with one attached hydrogen (secondary N) is 1. The average Bonchev–Trinajstić information content (AvgIpc) is 2.52. The lowest BCUT2D eigenvalue weighted by Gasteiger charge is -2.28. The van der Waals surface area contributed by atoms with E-state index in [1.807, 2.05) is 32.0 Å². The number of rotatable bonds is 6. The molecule has 0 aliphatic heterocycles. The van der Waals surface area contributed by atoms with Crippen LogP contribution in [-0.4, -0.2) is 33.7 Å². The minimum absolute atomic E-state index is 0.370. The number of amides is 1. The zero-order valence-electron chi connectivity index (χ0n) is 15.6. The van der Waals surface area contributed by atoms with Gasteiger partial charge in [0.2, 0.25) is 15.9 Å². The second-order valence-electron chi connectivity index (χ2n) is 6.30. The highest BCUT2D eigenvalue weighted by Gasteiger charge is 2.29. The van der Waals surface area contributed by atoms with E-state index in [1.54, 1.807) is 31.2 Å². The summed E-state index contributed by atoms with van der Waals surface area (Å²) < 4.78 is 30.9. The molecule has 0 heterocycles. The summed E-state index contributed by atoms with van der Waals surface area (Å²) in [6, 6.07) is 11.4. The van der Waals surface area contributed by atoms with E-state index in [9.17, 15) is 13.2 Å². The van der Waals surface area contributed by atoms with Crippen LogP contribution in [0.4, 0.5) is 11.4 Å². The molecule has 0 aliphatic rings. The molecule has 0 radical (unpaired) electrons. The summed E-state index contributed by atoms with van der Waals surface area (Å²) in [7, 11) is -2.18. The van der Waals surface area contributed by atoms with E-state index < -0.39 is 22.0 Å². The van der Waals surface area contributed by atoms with E-state index in [0.29, 0.717) is 17.1 Å². The minimum atomic E-state index is -3.68. The van der Waals surface area contributed by atoms with E-state index in [4.69, 9.17) is 4.74 Å². The molecule has 1 atom stereocenters. The number of ether oxygens (including phenoxy) is 1. The molecule has 0 aromatic heterocycles. The van der Waals surface area contributed by atoms with Crippen LogP contribution in [0.2, 0.25) is 0 Å². The second kappa shape index (κ2) is 7.78. The largest absolute Gasteiger partial charge is 0.497 e. The number of nitrogens with zero attached hydrogens (tertiary/aromatic N) is 1. The molecule has 0 unspecified atom stereocenters. The Morgan fingerprint density at radius 3 is 2.27 bits per heavy atom. The molecule has 7 heteroatoms. The predicted molar refractivity (Wildman–Crippen MR) is 104 cm³/mol. The highest BCUT2D eigenvalue weighted by Crippen LogP contribution is 2.26. The molecule has 1 N–H and O–H groups in total. The number of aryl methyl sites for hydroxylation is 2. The van der Waals surface area contributed by atoms with Gasteiger partial charge in [-0.25, -0.2) is 8.42 Å². The monoisotopic (exact) mass is 376 g/mol. The van der Waals surface area contributed by atoms with Crippen LogP contribution in [0.1, 0.15) is 18.1 Å². The molecule has 2 aromatic rings. The molecule has 0 saturated carbocycles. The fraction of sp³-hybridized carbons (Fsp3) is 0.316. The van der Waals surface area contributed by atoms with Crippen molar-refractivity contribution in [2.24, 2.45) is 0 Å². The highest BCUT2D eigenvalue weighted by molar-refractivity contribution is 7.92. The van der Waals surface area contributed by atoms with Crippen LogP contribution in [0, 0.1) is 13.8 Å². The topological polar surface area (TPSA) is 75.7 Å². The maximum absolute atomic E-state index is 12.7. The van der Waals surface area contributed by atoms with Crippen LogP contribution < -0.4 is 14.4 Å².